The van der Waals surface area contributed by atoms with Crippen LogP contribution >= 0.6 is 0 Å². The quantitative estimate of drug-likeness (QED) is 0.672. The van der Waals surface area contributed by atoms with Crippen molar-refractivity contribution in [3.63, 3.8) is 0 Å². The SMILES string of the molecule is Cc1ccc2c(c1)NC1CCCCCC21. The van der Waals surface area contributed by atoms with E-state index in [-0.39, 0.29) is 0 Å². The van der Waals surface area contributed by atoms with Crippen molar-refractivity contribution in [2.24, 2.45) is 0 Å². The average Bonchev–Trinajstić information content (AvgIpc) is 2.42. The van der Waals surface area contributed by atoms with Gasteiger partial charge in [-0.25, -0.2) is 0 Å². The third-order valence-electron chi connectivity index (χ3n) is 3.97. The molecule has 2 atom stereocenters. The zero-order chi connectivity index (χ0) is 10.3. The largest absolute Gasteiger partial charge is 0.381 e. The van der Waals surface area contributed by atoms with Crippen LogP contribution in [0.3, 0.4) is 0 Å². The lowest BCUT2D eigenvalue weighted by Gasteiger charge is -2.16. The Morgan fingerprint density at radius 3 is 2.93 bits per heavy atom. The summed E-state index contributed by atoms with van der Waals surface area (Å²) in [4.78, 5) is 0. The molecule has 1 saturated carbocycles. The number of fused-ring (bicyclic) bond motifs is 3. The first-order valence-electron chi connectivity index (χ1n) is 6.22. The maximum absolute atomic E-state index is 3.72. The van der Waals surface area contributed by atoms with Gasteiger partial charge in [-0.2, -0.15) is 0 Å². The Balaban J connectivity index is 1.97. The minimum absolute atomic E-state index is 0.726. The molecule has 80 valence electrons. The fourth-order valence-corrected chi connectivity index (χ4v) is 3.17. The summed E-state index contributed by atoms with van der Waals surface area (Å²) in [5, 5.41) is 3.72. The number of nitrogens with one attached hydrogen (secondary N) is 1. The molecule has 2 unspecified atom stereocenters. The van der Waals surface area contributed by atoms with Crippen LogP contribution in [-0.4, -0.2) is 6.04 Å². The molecule has 1 nitrogen and oxygen atoms in total. The molecule has 3 rings (SSSR count). The van der Waals surface area contributed by atoms with Crippen molar-refractivity contribution in [3.05, 3.63) is 29.3 Å². The molecule has 1 N–H and O–H groups in total. The zero-order valence-corrected chi connectivity index (χ0v) is 9.42. The summed E-state index contributed by atoms with van der Waals surface area (Å²) in [5.74, 6) is 0.795. The van der Waals surface area contributed by atoms with E-state index in [1.54, 1.807) is 5.56 Å². The van der Waals surface area contributed by atoms with Gasteiger partial charge in [-0.3, -0.25) is 0 Å². The number of aryl methyl sites for hydroxylation is 1. The van der Waals surface area contributed by atoms with Crippen molar-refractivity contribution in [3.8, 4) is 0 Å². The number of benzene rings is 1. The lowest BCUT2D eigenvalue weighted by atomic mass is 9.91. The Morgan fingerprint density at radius 1 is 1.13 bits per heavy atom. The monoisotopic (exact) mass is 201 g/mol. The average molecular weight is 201 g/mol. The van der Waals surface area contributed by atoms with Crippen LogP contribution in [0, 0.1) is 6.92 Å². The molecule has 0 aromatic heterocycles. The molecule has 2 aliphatic rings. The Hall–Kier alpha value is -0.980. The third-order valence-corrected chi connectivity index (χ3v) is 3.97. The highest BCUT2D eigenvalue weighted by molar-refractivity contribution is 5.60. The Bertz CT molecular complexity index is 370. The fraction of sp³-hybridized carbons (Fsp3) is 0.571. The molecule has 1 aromatic carbocycles. The first kappa shape index (κ1) is 9.26. The molecule has 0 saturated heterocycles. The molecule has 1 heteroatoms. The van der Waals surface area contributed by atoms with Crippen LogP contribution in [-0.2, 0) is 0 Å². The molecule has 1 fully saturated rings. The van der Waals surface area contributed by atoms with Crippen LogP contribution < -0.4 is 5.32 Å². The summed E-state index contributed by atoms with van der Waals surface area (Å²) in [6.45, 7) is 2.18. The van der Waals surface area contributed by atoms with E-state index in [4.69, 9.17) is 0 Å². The number of hydrogen-bond acceptors (Lipinski definition) is 1. The van der Waals surface area contributed by atoms with E-state index >= 15 is 0 Å². The van der Waals surface area contributed by atoms with Crippen LogP contribution in [0.15, 0.2) is 18.2 Å². The van der Waals surface area contributed by atoms with E-state index in [2.05, 4.69) is 30.4 Å². The summed E-state index contributed by atoms with van der Waals surface area (Å²) in [7, 11) is 0. The molecule has 0 radical (unpaired) electrons. The minimum atomic E-state index is 0.726. The zero-order valence-electron chi connectivity index (χ0n) is 9.42. The van der Waals surface area contributed by atoms with Gasteiger partial charge in [0.15, 0.2) is 0 Å². The molecule has 1 heterocycles. The predicted octanol–water partition coefficient (Wildman–Crippen LogP) is 3.84. The Labute approximate surface area is 91.9 Å². The summed E-state index contributed by atoms with van der Waals surface area (Å²) < 4.78 is 0. The smallest absolute Gasteiger partial charge is 0.0381 e. The van der Waals surface area contributed by atoms with Gasteiger partial charge in [0.25, 0.3) is 0 Å². The van der Waals surface area contributed by atoms with Crippen LogP contribution in [0.5, 0.6) is 0 Å². The molecule has 0 spiro atoms. The van der Waals surface area contributed by atoms with Crippen molar-refractivity contribution in [2.45, 2.75) is 51.0 Å². The van der Waals surface area contributed by atoms with E-state index in [9.17, 15) is 0 Å². The molecular formula is C14H19N. The van der Waals surface area contributed by atoms with E-state index in [0.29, 0.717) is 0 Å². The summed E-state index contributed by atoms with van der Waals surface area (Å²) in [5.41, 5.74) is 4.36. The molecule has 0 bridgehead atoms. The standard InChI is InChI=1S/C14H19N/c1-10-7-8-12-11-5-3-2-4-6-13(11)15-14(12)9-10/h7-9,11,13,15H,2-6H2,1H3. The van der Waals surface area contributed by atoms with E-state index in [1.165, 1.54) is 43.4 Å². The normalized spacial score (nSPS) is 28.9. The summed E-state index contributed by atoms with van der Waals surface area (Å²) >= 11 is 0. The summed E-state index contributed by atoms with van der Waals surface area (Å²) in [6.07, 6.45) is 6.99. The Morgan fingerprint density at radius 2 is 2.00 bits per heavy atom. The van der Waals surface area contributed by atoms with Gasteiger partial charge in [-0.1, -0.05) is 31.4 Å². The fourth-order valence-electron chi connectivity index (χ4n) is 3.17. The second-order valence-electron chi connectivity index (χ2n) is 5.09. The van der Waals surface area contributed by atoms with Crippen molar-refractivity contribution in [2.75, 3.05) is 5.32 Å². The number of anilines is 1. The van der Waals surface area contributed by atoms with Gasteiger partial charge in [0.05, 0.1) is 0 Å². The van der Waals surface area contributed by atoms with Gasteiger partial charge >= 0.3 is 0 Å². The maximum Gasteiger partial charge on any atom is 0.0381 e. The van der Waals surface area contributed by atoms with Gasteiger partial charge < -0.3 is 5.32 Å². The topological polar surface area (TPSA) is 12.0 Å². The van der Waals surface area contributed by atoms with E-state index < -0.39 is 0 Å². The highest BCUT2D eigenvalue weighted by Gasteiger charge is 2.32. The first-order chi connectivity index (χ1) is 7.34. The first-order valence-corrected chi connectivity index (χ1v) is 6.22. The van der Waals surface area contributed by atoms with E-state index in [0.717, 1.165) is 12.0 Å². The van der Waals surface area contributed by atoms with E-state index in [1.807, 2.05) is 0 Å². The number of rotatable bonds is 0. The second-order valence-corrected chi connectivity index (χ2v) is 5.09. The lowest BCUT2D eigenvalue weighted by Crippen LogP contribution is -2.18. The van der Waals surface area contributed by atoms with Gasteiger partial charge in [-0.05, 0) is 37.0 Å². The van der Waals surface area contributed by atoms with Crippen molar-refractivity contribution in [1.82, 2.24) is 0 Å². The van der Waals surface area contributed by atoms with Gasteiger partial charge in [0.1, 0.15) is 0 Å². The third kappa shape index (κ3) is 1.54. The highest BCUT2D eigenvalue weighted by Crippen LogP contribution is 2.42. The van der Waals surface area contributed by atoms with Gasteiger partial charge in [0, 0.05) is 17.6 Å². The molecular weight excluding hydrogens is 182 g/mol. The van der Waals surface area contributed by atoms with Gasteiger partial charge in [-0.15, -0.1) is 0 Å². The van der Waals surface area contributed by atoms with Crippen LogP contribution in [0.2, 0.25) is 0 Å². The molecule has 1 aromatic rings. The van der Waals surface area contributed by atoms with Crippen LogP contribution in [0.25, 0.3) is 0 Å². The Kier molecular flexibility index (Phi) is 2.19. The van der Waals surface area contributed by atoms with Crippen LogP contribution in [0.1, 0.15) is 49.1 Å². The summed E-state index contributed by atoms with van der Waals surface area (Å²) in [6, 6.07) is 7.63. The van der Waals surface area contributed by atoms with Gasteiger partial charge in [0.2, 0.25) is 0 Å². The molecule has 1 aliphatic heterocycles. The van der Waals surface area contributed by atoms with Crippen LogP contribution in [0.4, 0.5) is 5.69 Å². The lowest BCUT2D eigenvalue weighted by molar-refractivity contribution is 0.562. The molecule has 1 aliphatic carbocycles. The predicted molar refractivity (Wildman–Crippen MR) is 64.4 cm³/mol. The second kappa shape index (κ2) is 3.55. The minimum Gasteiger partial charge on any atom is -0.381 e. The molecule has 0 amide bonds. The van der Waals surface area contributed by atoms with Crippen molar-refractivity contribution < 1.29 is 0 Å². The van der Waals surface area contributed by atoms with Crippen molar-refractivity contribution in [1.29, 1.82) is 0 Å². The number of hydrogen-bond donors (Lipinski definition) is 1. The molecule has 15 heavy (non-hydrogen) atoms. The maximum atomic E-state index is 3.72. The highest BCUT2D eigenvalue weighted by atomic mass is 15.0. The van der Waals surface area contributed by atoms with Crippen molar-refractivity contribution >= 4 is 5.69 Å².